The molecule has 3 heteroatoms. The van der Waals surface area contributed by atoms with Crippen LogP contribution in [0.15, 0.2) is 28.7 Å². The van der Waals surface area contributed by atoms with Crippen LogP contribution in [0.4, 0.5) is 0 Å². The smallest absolute Gasteiger partial charge is 0.0626 e. The fourth-order valence-corrected chi connectivity index (χ4v) is 1.66. The number of benzene rings is 1. The fourth-order valence-electron chi connectivity index (χ4n) is 1.10. The molecule has 0 heterocycles. The average molecular weight is 230 g/mol. The predicted molar refractivity (Wildman–Crippen MR) is 53.0 cm³/mol. The first-order chi connectivity index (χ1) is 5.79. The Bertz CT molecular complexity index is 248. The van der Waals surface area contributed by atoms with Gasteiger partial charge in [0, 0.05) is 4.47 Å². The quantitative estimate of drug-likeness (QED) is 0.828. The number of hydrogen-bond acceptors (Lipinski definition) is 2. The van der Waals surface area contributed by atoms with Crippen molar-refractivity contribution in [1.82, 2.24) is 5.32 Å². The van der Waals surface area contributed by atoms with E-state index < -0.39 is 0 Å². The first-order valence-electron chi connectivity index (χ1n) is 3.82. The van der Waals surface area contributed by atoms with E-state index in [2.05, 4.69) is 21.2 Å². The van der Waals surface area contributed by atoms with Gasteiger partial charge in [-0.25, -0.2) is 0 Å². The van der Waals surface area contributed by atoms with E-state index in [1.54, 1.807) is 0 Å². The number of aliphatic hydroxyl groups excluding tert-OH is 1. The van der Waals surface area contributed by atoms with Crippen molar-refractivity contribution in [3.05, 3.63) is 34.3 Å². The highest BCUT2D eigenvalue weighted by Crippen LogP contribution is 2.22. The zero-order valence-corrected chi connectivity index (χ0v) is 8.51. The molecule has 1 aromatic rings. The lowest BCUT2D eigenvalue weighted by Crippen LogP contribution is -2.20. The Morgan fingerprint density at radius 2 is 2.17 bits per heavy atom. The van der Waals surface area contributed by atoms with Crippen LogP contribution in [0.2, 0.25) is 0 Å². The maximum atomic E-state index is 9.02. The van der Waals surface area contributed by atoms with Crippen molar-refractivity contribution in [3.63, 3.8) is 0 Å². The summed E-state index contributed by atoms with van der Waals surface area (Å²) >= 11 is 3.43. The largest absolute Gasteiger partial charge is 0.394 e. The minimum Gasteiger partial charge on any atom is -0.394 e. The van der Waals surface area contributed by atoms with Gasteiger partial charge in [-0.2, -0.15) is 0 Å². The molecular formula is C9H12BrNO. The van der Waals surface area contributed by atoms with Gasteiger partial charge in [-0.1, -0.05) is 34.1 Å². The topological polar surface area (TPSA) is 32.3 Å². The summed E-state index contributed by atoms with van der Waals surface area (Å²) in [5.41, 5.74) is 1.09. The molecule has 0 fully saturated rings. The molecular weight excluding hydrogens is 218 g/mol. The standard InChI is InChI=1S/C9H12BrNO/c1-11-9(6-12)7-4-2-3-5-8(7)10/h2-5,9,11-12H,6H2,1H3/t9-/m1/s1. The third-order valence-electron chi connectivity index (χ3n) is 1.81. The molecule has 2 N–H and O–H groups in total. The van der Waals surface area contributed by atoms with Crippen LogP contribution in [0.25, 0.3) is 0 Å². The van der Waals surface area contributed by atoms with Crippen molar-refractivity contribution in [2.24, 2.45) is 0 Å². The summed E-state index contributed by atoms with van der Waals surface area (Å²) in [6, 6.07) is 7.88. The van der Waals surface area contributed by atoms with Crippen molar-refractivity contribution in [2.45, 2.75) is 6.04 Å². The lowest BCUT2D eigenvalue weighted by atomic mass is 10.1. The molecule has 1 rings (SSSR count). The Kier molecular flexibility index (Phi) is 3.72. The van der Waals surface area contributed by atoms with E-state index >= 15 is 0 Å². The van der Waals surface area contributed by atoms with Crippen LogP contribution in [0, 0.1) is 0 Å². The minimum atomic E-state index is 0.0144. The molecule has 0 aliphatic heterocycles. The van der Waals surface area contributed by atoms with Crippen molar-refractivity contribution in [2.75, 3.05) is 13.7 Å². The highest BCUT2D eigenvalue weighted by molar-refractivity contribution is 9.10. The van der Waals surface area contributed by atoms with Crippen LogP contribution in [-0.4, -0.2) is 18.8 Å². The molecule has 1 atom stereocenters. The number of halogens is 1. The predicted octanol–water partition coefficient (Wildman–Crippen LogP) is 1.70. The maximum absolute atomic E-state index is 9.02. The molecule has 0 aliphatic rings. The van der Waals surface area contributed by atoms with Gasteiger partial charge in [-0.05, 0) is 18.7 Å². The molecule has 0 amide bonds. The molecule has 0 saturated carbocycles. The second kappa shape index (κ2) is 4.60. The molecule has 0 aliphatic carbocycles. The molecule has 12 heavy (non-hydrogen) atoms. The molecule has 0 bridgehead atoms. The Morgan fingerprint density at radius 1 is 1.50 bits per heavy atom. The summed E-state index contributed by atoms with van der Waals surface area (Å²) in [5, 5.41) is 12.0. The Balaban J connectivity index is 2.92. The molecule has 66 valence electrons. The van der Waals surface area contributed by atoms with Crippen molar-refractivity contribution in [1.29, 1.82) is 0 Å². The van der Waals surface area contributed by atoms with Crippen LogP contribution >= 0.6 is 15.9 Å². The van der Waals surface area contributed by atoms with E-state index in [1.807, 2.05) is 31.3 Å². The van der Waals surface area contributed by atoms with E-state index in [9.17, 15) is 0 Å². The maximum Gasteiger partial charge on any atom is 0.0626 e. The molecule has 2 nitrogen and oxygen atoms in total. The van der Waals surface area contributed by atoms with Gasteiger partial charge in [-0.15, -0.1) is 0 Å². The first-order valence-corrected chi connectivity index (χ1v) is 4.61. The Morgan fingerprint density at radius 3 is 2.67 bits per heavy atom. The van der Waals surface area contributed by atoms with Gasteiger partial charge in [0.15, 0.2) is 0 Å². The number of nitrogens with one attached hydrogen (secondary N) is 1. The number of likely N-dealkylation sites (N-methyl/N-ethyl adjacent to an activating group) is 1. The summed E-state index contributed by atoms with van der Waals surface area (Å²) in [4.78, 5) is 0. The van der Waals surface area contributed by atoms with Gasteiger partial charge in [0.25, 0.3) is 0 Å². The van der Waals surface area contributed by atoms with Crippen LogP contribution < -0.4 is 5.32 Å². The van der Waals surface area contributed by atoms with Crippen LogP contribution in [-0.2, 0) is 0 Å². The van der Waals surface area contributed by atoms with E-state index in [0.29, 0.717) is 0 Å². The Labute approximate surface area is 80.7 Å². The normalized spacial score (nSPS) is 12.9. The fraction of sp³-hybridized carbons (Fsp3) is 0.333. The zero-order valence-electron chi connectivity index (χ0n) is 6.92. The summed E-state index contributed by atoms with van der Waals surface area (Å²) in [6.45, 7) is 0.110. The number of hydrogen-bond donors (Lipinski definition) is 2. The SMILES string of the molecule is CN[C@H](CO)c1ccccc1Br. The zero-order chi connectivity index (χ0) is 8.97. The van der Waals surface area contributed by atoms with Gasteiger partial charge in [0.2, 0.25) is 0 Å². The third kappa shape index (κ3) is 2.06. The van der Waals surface area contributed by atoms with Crippen molar-refractivity contribution >= 4 is 15.9 Å². The highest BCUT2D eigenvalue weighted by atomic mass is 79.9. The van der Waals surface area contributed by atoms with E-state index in [1.165, 1.54) is 0 Å². The molecule has 0 spiro atoms. The van der Waals surface area contributed by atoms with Gasteiger partial charge in [0.05, 0.1) is 12.6 Å². The third-order valence-corrected chi connectivity index (χ3v) is 2.53. The van der Waals surface area contributed by atoms with Gasteiger partial charge >= 0.3 is 0 Å². The molecule has 0 unspecified atom stereocenters. The number of aliphatic hydroxyl groups is 1. The summed E-state index contributed by atoms with van der Waals surface area (Å²) in [6.07, 6.45) is 0. The summed E-state index contributed by atoms with van der Waals surface area (Å²) in [7, 11) is 1.83. The average Bonchev–Trinajstić information content (AvgIpc) is 2.10. The highest BCUT2D eigenvalue weighted by Gasteiger charge is 2.09. The van der Waals surface area contributed by atoms with E-state index in [4.69, 9.17) is 5.11 Å². The molecule has 0 radical (unpaired) electrons. The molecule has 0 aromatic heterocycles. The summed E-state index contributed by atoms with van der Waals surface area (Å²) < 4.78 is 1.03. The van der Waals surface area contributed by atoms with Crippen molar-refractivity contribution in [3.8, 4) is 0 Å². The Hall–Kier alpha value is -0.380. The first kappa shape index (κ1) is 9.71. The van der Waals surface area contributed by atoms with Gasteiger partial charge < -0.3 is 10.4 Å². The van der Waals surface area contributed by atoms with Crippen LogP contribution in [0.5, 0.6) is 0 Å². The van der Waals surface area contributed by atoms with Gasteiger partial charge in [0.1, 0.15) is 0 Å². The van der Waals surface area contributed by atoms with E-state index in [0.717, 1.165) is 10.0 Å². The lowest BCUT2D eigenvalue weighted by Gasteiger charge is -2.14. The van der Waals surface area contributed by atoms with Gasteiger partial charge in [-0.3, -0.25) is 0 Å². The lowest BCUT2D eigenvalue weighted by molar-refractivity contribution is 0.250. The second-order valence-electron chi connectivity index (χ2n) is 2.55. The summed E-state index contributed by atoms with van der Waals surface area (Å²) in [5.74, 6) is 0. The van der Waals surface area contributed by atoms with Crippen molar-refractivity contribution < 1.29 is 5.11 Å². The van der Waals surface area contributed by atoms with Crippen LogP contribution in [0.3, 0.4) is 0 Å². The monoisotopic (exact) mass is 229 g/mol. The number of rotatable bonds is 3. The molecule has 1 aromatic carbocycles. The van der Waals surface area contributed by atoms with Crippen LogP contribution in [0.1, 0.15) is 11.6 Å². The van der Waals surface area contributed by atoms with E-state index in [-0.39, 0.29) is 12.6 Å². The molecule has 0 saturated heterocycles. The minimum absolute atomic E-state index is 0.0144. The second-order valence-corrected chi connectivity index (χ2v) is 3.40.